The zero-order chi connectivity index (χ0) is 10.9. The largest absolute Gasteiger partial charge is 0.300 e. The van der Waals surface area contributed by atoms with Crippen LogP contribution in [0.3, 0.4) is 0 Å². The van der Waals surface area contributed by atoms with Gasteiger partial charge in [0, 0.05) is 12.8 Å². The number of ketones is 1. The fraction of sp³-hybridized carbons (Fsp3) is 0.231. The summed E-state index contributed by atoms with van der Waals surface area (Å²) < 4.78 is 0. The maximum absolute atomic E-state index is 11.1. The lowest BCUT2D eigenvalue weighted by atomic mass is 9.63. The molecule has 0 unspecified atom stereocenters. The van der Waals surface area contributed by atoms with Gasteiger partial charge < -0.3 is 0 Å². The van der Waals surface area contributed by atoms with E-state index in [1.165, 1.54) is 0 Å². The van der Waals surface area contributed by atoms with Crippen LogP contribution >= 0.6 is 0 Å². The zero-order valence-electron chi connectivity index (χ0n) is 8.36. The SMILES string of the molecule is C=Cc1ccccc1C1(C#N)CC(=O)C1. The third-order valence-electron chi connectivity index (χ3n) is 2.91. The topological polar surface area (TPSA) is 40.9 Å². The van der Waals surface area contributed by atoms with Crippen LogP contribution in [0, 0.1) is 11.3 Å². The number of carbonyl (C=O) groups excluding carboxylic acids is 1. The van der Waals surface area contributed by atoms with Crippen LogP contribution in [0.2, 0.25) is 0 Å². The number of carbonyl (C=O) groups is 1. The molecule has 2 rings (SSSR count). The van der Waals surface area contributed by atoms with E-state index in [-0.39, 0.29) is 5.78 Å². The van der Waals surface area contributed by atoms with Crippen molar-refractivity contribution in [1.82, 2.24) is 0 Å². The Morgan fingerprint density at radius 2 is 2.07 bits per heavy atom. The van der Waals surface area contributed by atoms with Gasteiger partial charge in [0.05, 0.1) is 11.5 Å². The molecule has 0 atom stereocenters. The van der Waals surface area contributed by atoms with Crippen LogP contribution in [-0.4, -0.2) is 5.78 Å². The molecule has 0 heterocycles. The standard InChI is InChI=1S/C13H11NO/c1-2-10-5-3-4-6-12(10)13(9-14)7-11(15)8-13/h2-6H,1,7-8H2. The Labute approximate surface area is 88.8 Å². The molecule has 1 aromatic rings. The van der Waals surface area contributed by atoms with Gasteiger partial charge in [0.2, 0.25) is 0 Å². The quantitative estimate of drug-likeness (QED) is 0.730. The Balaban J connectivity index is 2.49. The molecule has 0 amide bonds. The molecular formula is C13H11NO. The first-order chi connectivity index (χ1) is 7.22. The Bertz CT molecular complexity index is 460. The van der Waals surface area contributed by atoms with Crippen molar-refractivity contribution in [2.45, 2.75) is 18.3 Å². The van der Waals surface area contributed by atoms with Gasteiger partial charge in [0.1, 0.15) is 5.78 Å². The second-order valence-electron chi connectivity index (χ2n) is 3.88. The predicted octanol–water partition coefficient (Wildman–Crippen LogP) is 2.45. The number of rotatable bonds is 2. The molecule has 15 heavy (non-hydrogen) atoms. The summed E-state index contributed by atoms with van der Waals surface area (Å²) in [4.78, 5) is 11.1. The lowest BCUT2D eigenvalue weighted by Crippen LogP contribution is -2.40. The average molecular weight is 197 g/mol. The summed E-state index contributed by atoms with van der Waals surface area (Å²) in [5, 5.41) is 9.19. The van der Waals surface area contributed by atoms with E-state index in [1.807, 2.05) is 24.3 Å². The van der Waals surface area contributed by atoms with E-state index in [2.05, 4.69) is 12.6 Å². The monoisotopic (exact) mass is 197 g/mol. The fourth-order valence-corrected chi connectivity index (χ4v) is 2.06. The Morgan fingerprint density at radius 3 is 2.60 bits per heavy atom. The second kappa shape index (κ2) is 3.36. The highest BCUT2D eigenvalue weighted by molar-refractivity contribution is 5.90. The molecule has 2 nitrogen and oxygen atoms in total. The highest BCUT2D eigenvalue weighted by atomic mass is 16.1. The predicted molar refractivity (Wildman–Crippen MR) is 58.1 cm³/mol. The van der Waals surface area contributed by atoms with Crippen LogP contribution in [-0.2, 0) is 10.2 Å². The minimum Gasteiger partial charge on any atom is -0.300 e. The molecule has 0 aromatic heterocycles. The van der Waals surface area contributed by atoms with Gasteiger partial charge in [-0.2, -0.15) is 5.26 Å². The summed E-state index contributed by atoms with van der Waals surface area (Å²) in [7, 11) is 0. The normalized spacial score (nSPS) is 17.7. The molecule has 0 N–H and O–H groups in total. The van der Waals surface area contributed by atoms with E-state index in [0.717, 1.165) is 11.1 Å². The third-order valence-corrected chi connectivity index (χ3v) is 2.91. The van der Waals surface area contributed by atoms with Crippen LogP contribution in [0.25, 0.3) is 6.08 Å². The summed E-state index contributed by atoms with van der Waals surface area (Å²) in [5.74, 6) is 0.162. The molecule has 1 aliphatic rings. The van der Waals surface area contributed by atoms with Gasteiger partial charge in [0.25, 0.3) is 0 Å². The highest BCUT2D eigenvalue weighted by Crippen LogP contribution is 2.42. The van der Waals surface area contributed by atoms with Crippen molar-refractivity contribution in [2.75, 3.05) is 0 Å². The average Bonchev–Trinajstić information content (AvgIpc) is 2.24. The molecule has 0 bridgehead atoms. The summed E-state index contributed by atoms with van der Waals surface area (Å²) in [6.07, 6.45) is 2.42. The lowest BCUT2D eigenvalue weighted by Gasteiger charge is -2.35. The van der Waals surface area contributed by atoms with Crippen LogP contribution in [0.1, 0.15) is 24.0 Å². The van der Waals surface area contributed by atoms with E-state index < -0.39 is 5.41 Å². The van der Waals surface area contributed by atoms with Gasteiger partial charge in [-0.1, -0.05) is 36.9 Å². The highest BCUT2D eigenvalue weighted by Gasteiger charge is 2.46. The Kier molecular flexibility index (Phi) is 2.17. The molecule has 2 heteroatoms. The third kappa shape index (κ3) is 1.37. The van der Waals surface area contributed by atoms with Crippen molar-refractivity contribution in [1.29, 1.82) is 5.26 Å². The minimum atomic E-state index is -0.595. The first-order valence-electron chi connectivity index (χ1n) is 4.87. The number of hydrogen-bond acceptors (Lipinski definition) is 2. The van der Waals surface area contributed by atoms with Crippen molar-refractivity contribution >= 4 is 11.9 Å². The van der Waals surface area contributed by atoms with Crippen molar-refractivity contribution in [3.05, 3.63) is 42.0 Å². The molecule has 1 aliphatic carbocycles. The molecule has 0 saturated heterocycles. The summed E-state index contributed by atoms with van der Waals surface area (Å²) in [6, 6.07) is 9.90. The maximum atomic E-state index is 11.1. The molecule has 1 saturated carbocycles. The molecule has 0 aliphatic heterocycles. The van der Waals surface area contributed by atoms with Gasteiger partial charge in [0.15, 0.2) is 0 Å². The number of nitrogens with zero attached hydrogens (tertiary/aromatic N) is 1. The van der Waals surface area contributed by atoms with E-state index in [1.54, 1.807) is 6.08 Å². The number of hydrogen-bond donors (Lipinski definition) is 0. The lowest BCUT2D eigenvalue weighted by molar-refractivity contribution is -0.126. The summed E-state index contributed by atoms with van der Waals surface area (Å²) in [5.41, 5.74) is 1.29. The van der Waals surface area contributed by atoms with Crippen LogP contribution in [0.4, 0.5) is 0 Å². The maximum Gasteiger partial charge on any atom is 0.136 e. The van der Waals surface area contributed by atoms with Crippen molar-refractivity contribution < 1.29 is 4.79 Å². The van der Waals surface area contributed by atoms with Gasteiger partial charge >= 0.3 is 0 Å². The Morgan fingerprint density at radius 1 is 1.40 bits per heavy atom. The molecular weight excluding hydrogens is 186 g/mol. The number of benzene rings is 1. The van der Waals surface area contributed by atoms with Gasteiger partial charge in [-0.15, -0.1) is 0 Å². The molecule has 1 aromatic carbocycles. The summed E-state index contributed by atoms with van der Waals surface area (Å²) in [6.45, 7) is 3.72. The van der Waals surface area contributed by atoms with Crippen LogP contribution < -0.4 is 0 Å². The molecule has 0 spiro atoms. The van der Waals surface area contributed by atoms with E-state index in [0.29, 0.717) is 12.8 Å². The van der Waals surface area contributed by atoms with Crippen LogP contribution in [0.5, 0.6) is 0 Å². The molecule has 74 valence electrons. The van der Waals surface area contributed by atoms with Crippen LogP contribution in [0.15, 0.2) is 30.8 Å². The van der Waals surface area contributed by atoms with Crippen molar-refractivity contribution in [2.24, 2.45) is 0 Å². The van der Waals surface area contributed by atoms with Gasteiger partial charge in [-0.05, 0) is 11.1 Å². The van der Waals surface area contributed by atoms with Crippen molar-refractivity contribution in [3.63, 3.8) is 0 Å². The smallest absolute Gasteiger partial charge is 0.136 e. The first-order valence-corrected chi connectivity index (χ1v) is 4.87. The van der Waals surface area contributed by atoms with E-state index in [9.17, 15) is 10.1 Å². The van der Waals surface area contributed by atoms with E-state index in [4.69, 9.17) is 0 Å². The van der Waals surface area contributed by atoms with Gasteiger partial charge in [-0.3, -0.25) is 4.79 Å². The fourth-order valence-electron chi connectivity index (χ4n) is 2.06. The molecule has 0 radical (unpaired) electrons. The Hall–Kier alpha value is -1.88. The second-order valence-corrected chi connectivity index (χ2v) is 3.88. The van der Waals surface area contributed by atoms with Gasteiger partial charge in [-0.25, -0.2) is 0 Å². The minimum absolute atomic E-state index is 0.162. The van der Waals surface area contributed by atoms with Crippen molar-refractivity contribution in [3.8, 4) is 6.07 Å². The first kappa shape index (κ1) is 9.67. The number of Topliss-reactive ketones (excluding diaryl/α,β-unsaturated/α-hetero) is 1. The number of nitriles is 1. The molecule has 1 fully saturated rings. The summed E-state index contributed by atoms with van der Waals surface area (Å²) >= 11 is 0. The zero-order valence-corrected chi connectivity index (χ0v) is 8.36. The van der Waals surface area contributed by atoms with E-state index >= 15 is 0 Å².